The molecule has 2 heterocycles. The highest BCUT2D eigenvalue weighted by molar-refractivity contribution is 5.53. The fourth-order valence-electron chi connectivity index (χ4n) is 2.50. The molecule has 5 heteroatoms. The Labute approximate surface area is 114 Å². The summed E-state index contributed by atoms with van der Waals surface area (Å²) in [7, 11) is 3.48. The summed E-state index contributed by atoms with van der Waals surface area (Å²) >= 11 is 0. The molecule has 0 amide bonds. The van der Waals surface area contributed by atoms with Gasteiger partial charge in [-0.15, -0.1) is 0 Å². The molecule has 1 aliphatic heterocycles. The number of aromatic nitrogens is 1. The Morgan fingerprint density at radius 2 is 2.00 bits per heavy atom. The first kappa shape index (κ1) is 14.2. The monoisotopic (exact) mass is 265 g/mol. The van der Waals surface area contributed by atoms with Crippen molar-refractivity contribution in [2.24, 2.45) is 0 Å². The number of nitrogens with one attached hydrogen (secondary N) is 1. The van der Waals surface area contributed by atoms with Crippen LogP contribution in [0.2, 0.25) is 0 Å². The van der Waals surface area contributed by atoms with Crippen LogP contribution in [-0.4, -0.2) is 51.0 Å². The second-order valence-corrected chi connectivity index (χ2v) is 4.74. The maximum atomic E-state index is 5.48. The number of pyridine rings is 1. The van der Waals surface area contributed by atoms with E-state index in [1.165, 1.54) is 11.3 Å². The van der Waals surface area contributed by atoms with E-state index in [9.17, 15) is 0 Å². The van der Waals surface area contributed by atoms with Gasteiger partial charge >= 0.3 is 0 Å². The molecule has 1 aromatic rings. The van der Waals surface area contributed by atoms with Crippen molar-refractivity contribution in [2.75, 3.05) is 38.8 Å². The van der Waals surface area contributed by atoms with E-state index in [-0.39, 0.29) is 12.2 Å². The van der Waals surface area contributed by atoms with Gasteiger partial charge in [-0.25, -0.2) is 0 Å². The number of anilines is 1. The van der Waals surface area contributed by atoms with Crippen LogP contribution in [-0.2, 0) is 16.0 Å². The average Bonchev–Trinajstić information content (AvgIpc) is 2.88. The molecule has 0 saturated carbocycles. The molecule has 0 aliphatic carbocycles. The van der Waals surface area contributed by atoms with Gasteiger partial charge in [-0.05, 0) is 18.2 Å². The van der Waals surface area contributed by atoms with Crippen molar-refractivity contribution in [2.45, 2.75) is 25.7 Å². The smallest absolute Gasteiger partial charge is 0.102 e. The molecule has 0 spiro atoms. The van der Waals surface area contributed by atoms with Crippen LogP contribution >= 0.6 is 0 Å². The minimum atomic E-state index is 0.122. The summed E-state index contributed by atoms with van der Waals surface area (Å²) in [6.07, 6.45) is 4.01. The van der Waals surface area contributed by atoms with Crippen LogP contribution in [0.25, 0.3) is 0 Å². The molecule has 2 rings (SSSR count). The van der Waals surface area contributed by atoms with Crippen LogP contribution < -0.4 is 10.2 Å². The average molecular weight is 265 g/mol. The number of ether oxygens (including phenoxy) is 2. The molecule has 1 saturated heterocycles. The molecule has 5 nitrogen and oxygen atoms in total. The first-order chi connectivity index (χ1) is 9.30. The summed E-state index contributed by atoms with van der Waals surface area (Å²) in [5, 5.41) is 3.36. The number of nitrogens with zero attached hydrogens (tertiary/aromatic N) is 2. The van der Waals surface area contributed by atoms with Gasteiger partial charge in [0.25, 0.3) is 0 Å². The summed E-state index contributed by atoms with van der Waals surface area (Å²) in [6.45, 7) is 5.63. The third-order valence-electron chi connectivity index (χ3n) is 3.61. The molecule has 1 aliphatic rings. The number of hydrogen-bond acceptors (Lipinski definition) is 5. The lowest BCUT2D eigenvalue weighted by molar-refractivity contribution is -0.00461. The molecular formula is C14H23N3O2. The van der Waals surface area contributed by atoms with Gasteiger partial charge in [0.1, 0.15) is 12.2 Å². The fraction of sp³-hybridized carbons (Fsp3) is 0.643. The van der Waals surface area contributed by atoms with Crippen molar-refractivity contribution < 1.29 is 9.47 Å². The molecule has 2 unspecified atom stereocenters. The lowest BCUT2D eigenvalue weighted by Crippen LogP contribution is -2.27. The van der Waals surface area contributed by atoms with Gasteiger partial charge in [0.2, 0.25) is 0 Å². The predicted molar refractivity (Wildman–Crippen MR) is 75.4 cm³/mol. The second-order valence-electron chi connectivity index (χ2n) is 4.74. The van der Waals surface area contributed by atoms with Gasteiger partial charge < -0.3 is 19.7 Å². The van der Waals surface area contributed by atoms with Gasteiger partial charge in [0.15, 0.2) is 0 Å². The van der Waals surface area contributed by atoms with E-state index in [1.54, 1.807) is 14.2 Å². The molecule has 0 aromatic carbocycles. The lowest BCUT2D eigenvalue weighted by Gasteiger charge is -2.21. The van der Waals surface area contributed by atoms with Crippen LogP contribution in [0, 0.1) is 0 Å². The van der Waals surface area contributed by atoms with E-state index < -0.39 is 0 Å². The Balaban J connectivity index is 2.13. The minimum Gasteiger partial charge on any atom is -0.377 e. The highest BCUT2D eigenvalue weighted by Crippen LogP contribution is 2.26. The highest BCUT2D eigenvalue weighted by Gasteiger charge is 2.33. The number of methoxy groups -OCH3 is 2. The molecule has 1 N–H and O–H groups in total. The Kier molecular flexibility index (Phi) is 5.13. The second kappa shape index (κ2) is 6.84. The zero-order valence-electron chi connectivity index (χ0n) is 11.9. The Morgan fingerprint density at radius 3 is 2.58 bits per heavy atom. The van der Waals surface area contributed by atoms with E-state index in [0.717, 1.165) is 26.2 Å². The Hall–Kier alpha value is -1.17. The summed E-state index contributed by atoms with van der Waals surface area (Å²) in [4.78, 5) is 6.54. The van der Waals surface area contributed by atoms with Gasteiger partial charge in [0.05, 0.1) is 11.9 Å². The van der Waals surface area contributed by atoms with Gasteiger partial charge in [-0.3, -0.25) is 4.98 Å². The summed E-state index contributed by atoms with van der Waals surface area (Å²) in [5.41, 5.74) is 2.44. The van der Waals surface area contributed by atoms with E-state index in [0.29, 0.717) is 0 Å². The van der Waals surface area contributed by atoms with Crippen molar-refractivity contribution in [1.82, 2.24) is 10.3 Å². The largest absolute Gasteiger partial charge is 0.377 e. The molecule has 0 bridgehead atoms. The molecule has 1 fully saturated rings. The van der Waals surface area contributed by atoms with Gasteiger partial charge in [-0.2, -0.15) is 0 Å². The maximum absolute atomic E-state index is 5.48. The van der Waals surface area contributed by atoms with Crippen LogP contribution in [0.15, 0.2) is 18.5 Å². The molecule has 106 valence electrons. The lowest BCUT2D eigenvalue weighted by atomic mass is 10.2. The summed E-state index contributed by atoms with van der Waals surface area (Å²) in [5.74, 6) is 0. The standard InChI is InChI=1S/C14H23N3O2/c1-4-15-7-11-5-6-16-8-12(11)17-9-13(18-2)14(10-17)19-3/h5-6,8,13-15H,4,7,9-10H2,1-3H3. The van der Waals surface area contributed by atoms with E-state index >= 15 is 0 Å². The van der Waals surface area contributed by atoms with Crippen LogP contribution in [0.4, 0.5) is 5.69 Å². The molecule has 2 atom stereocenters. The fourth-order valence-corrected chi connectivity index (χ4v) is 2.50. The topological polar surface area (TPSA) is 46.6 Å². The SMILES string of the molecule is CCNCc1ccncc1N1CC(OC)C(OC)C1. The third-order valence-corrected chi connectivity index (χ3v) is 3.61. The van der Waals surface area contributed by atoms with Crippen molar-refractivity contribution >= 4 is 5.69 Å². The minimum absolute atomic E-state index is 0.122. The molecule has 0 radical (unpaired) electrons. The Morgan fingerprint density at radius 1 is 1.32 bits per heavy atom. The first-order valence-corrected chi connectivity index (χ1v) is 6.74. The Bertz CT molecular complexity index is 388. The van der Waals surface area contributed by atoms with E-state index in [2.05, 4.69) is 28.2 Å². The molecule has 19 heavy (non-hydrogen) atoms. The van der Waals surface area contributed by atoms with Crippen molar-refractivity contribution in [1.29, 1.82) is 0 Å². The van der Waals surface area contributed by atoms with Crippen molar-refractivity contribution in [3.05, 3.63) is 24.0 Å². The number of rotatable bonds is 6. The maximum Gasteiger partial charge on any atom is 0.102 e. The van der Waals surface area contributed by atoms with Crippen LogP contribution in [0.3, 0.4) is 0 Å². The van der Waals surface area contributed by atoms with Crippen LogP contribution in [0.1, 0.15) is 12.5 Å². The van der Waals surface area contributed by atoms with Crippen molar-refractivity contribution in [3.8, 4) is 0 Å². The van der Waals surface area contributed by atoms with Gasteiger partial charge in [-0.1, -0.05) is 6.92 Å². The van der Waals surface area contributed by atoms with E-state index in [1.807, 2.05) is 12.4 Å². The van der Waals surface area contributed by atoms with Crippen molar-refractivity contribution in [3.63, 3.8) is 0 Å². The molecule has 1 aromatic heterocycles. The predicted octanol–water partition coefficient (Wildman–Crippen LogP) is 1.04. The summed E-state index contributed by atoms with van der Waals surface area (Å²) < 4.78 is 11.0. The van der Waals surface area contributed by atoms with Gasteiger partial charge in [0, 0.05) is 40.1 Å². The van der Waals surface area contributed by atoms with E-state index in [4.69, 9.17) is 9.47 Å². The highest BCUT2D eigenvalue weighted by atomic mass is 16.5. The quantitative estimate of drug-likeness (QED) is 0.833. The molecular weight excluding hydrogens is 242 g/mol. The normalized spacial score (nSPS) is 23.0. The zero-order valence-corrected chi connectivity index (χ0v) is 11.9. The zero-order chi connectivity index (χ0) is 13.7. The number of hydrogen-bond donors (Lipinski definition) is 1. The van der Waals surface area contributed by atoms with Crippen LogP contribution in [0.5, 0.6) is 0 Å². The summed E-state index contributed by atoms with van der Waals surface area (Å²) in [6, 6.07) is 2.07. The first-order valence-electron chi connectivity index (χ1n) is 6.74. The third kappa shape index (κ3) is 3.23.